The van der Waals surface area contributed by atoms with Gasteiger partial charge in [-0.1, -0.05) is 6.07 Å². The first-order valence-corrected chi connectivity index (χ1v) is 5.39. The van der Waals surface area contributed by atoms with Crippen LogP contribution < -0.4 is 16.8 Å². The second-order valence-corrected chi connectivity index (χ2v) is 3.90. The molecule has 6 heteroatoms. The summed E-state index contributed by atoms with van der Waals surface area (Å²) in [4.78, 5) is 11.2. The van der Waals surface area contributed by atoms with Gasteiger partial charge in [0.1, 0.15) is 0 Å². The molecule has 2 aromatic rings. The molecule has 0 bridgehead atoms. The first-order valence-electron chi connectivity index (χ1n) is 5.39. The van der Waals surface area contributed by atoms with E-state index in [1.54, 1.807) is 0 Å². The van der Waals surface area contributed by atoms with Crippen LogP contribution in [0.2, 0.25) is 0 Å². The summed E-state index contributed by atoms with van der Waals surface area (Å²) in [6.45, 7) is 0. The zero-order valence-corrected chi connectivity index (χ0v) is 9.78. The van der Waals surface area contributed by atoms with Crippen LogP contribution in [0.3, 0.4) is 0 Å². The molecule has 5 N–H and O–H groups in total. The number of halogens is 2. The van der Waals surface area contributed by atoms with Crippen LogP contribution in [0.1, 0.15) is 10.4 Å². The third kappa shape index (κ3) is 2.62. The number of rotatable bonds is 3. The predicted molar refractivity (Wildman–Crippen MR) is 69.0 cm³/mol. The summed E-state index contributed by atoms with van der Waals surface area (Å²) in [6, 6.07) is 8.01. The summed E-state index contributed by atoms with van der Waals surface area (Å²) in [7, 11) is 0. The largest absolute Gasteiger partial charge is 0.399 e. The Labute approximate surface area is 108 Å². The number of primary amides is 1. The van der Waals surface area contributed by atoms with Crippen LogP contribution >= 0.6 is 0 Å². The fraction of sp³-hybridized carbons (Fsp3) is 0. The Morgan fingerprint density at radius 1 is 1.11 bits per heavy atom. The van der Waals surface area contributed by atoms with E-state index in [-0.39, 0.29) is 16.9 Å². The van der Waals surface area contributed by atoms with E-state index in [0.717, 1.165) is 6.07 Å². The summed E-state index contributed by atoms with van der Waals surface area (Å²) in [5.41, 5.74) is 11.4. The van der Waals surface area contributed by atoms with Gasteiger partial charge in [-0.05, 0) is 30.3 Å². The van der Waals surface area contributed by atoms with E-state index in [1.807, 2.05) is 0 Å². The molecule has 0 aliphatic rings. The highest BCUT2D eigenvalue weighted by molar-refractivity contribution is 5.99. The third-order valence-corrected chi connectivity index (χ3v) is 2.53. The molecular formula is C13H11F2N3O. The van der Waals surface area contributed by atoms with Crippen molar-refractivity contribution in [3.63, 3.8) is 0 Å². The van der Waals surface area contributed by atoms with Crippen LogP contribution in [0.4, 0.5) is 25.8 Å². The topological polar surface area (TPSA) is 81.1 Å². The lowest BCUT2D eigenvalue weighted by atomic mass is 10.1. The van der Waals surface area contributed by atoms with E-state index in [4.69, 9.17) is 11.5 Å². The van der Waals surface area contributed by atoms with E-state index in [1.165, 1.54) is 30.3 Å². The van der Waals surface area contributed by atoms with Gasteiger partial charge < -0.3 is 16.8 Å². The Balaban J connectivity index is 2.45. The Bertz CT molecular complexity index is 644. The summed E-state index contributed by atoms with van der Waals surface area (Å²) in [5.74, 6) is -2.73. The first-order chi connectivity index (χ1) is 8.99. The maximum Gasteiger partial charge on any atom is 0.250 e. The normalized spacial score (nSPS) is 10.2. The molecule has 0 aliphatic carbocycles. The van der Waals surface area contributed by atoms with Crippen molar-refractivity contribution >= 4 is 23.0 Å². The van der Waals surface area contributed by atoms with Crippen LogP contribution in [0, 0.1) is 11.6 Å². The number of nitrogens with two attached hydrogens (primary N) is 2. The Morgan fingerprint density at radius 2 is 1.84 bits per heavy atom. The summed E-state index contributed by atoms with van der Waals surface area (Å²) < 4.78 is 26.6. The van der Waals surface area contributed by atoms with Gasteiger partial charge in [0.15, 0.2) is 11.6 Å². The number of carbonyl (C=O) groups is 1. The molecule has 0 spiro atoms. The molecule has 0 saturated carbocycles. The molecule has 0 heterocycles. The average molecular weight is 263 g/mol. The second kappa shape index (κ2) is 4.93. The lowest BCUT2D eigenvalue weighted by Gasteiger charge is -2.11. The fourth-order valence-corrected chi connectivity index (χ4v) is 1.63. The van der Waals surface area contributed by atoms with Crippen molar-refractivity contribution in [2.24, 2.45) is 5.73 Å². The minimum Gasteiger partial charge on any atom is -0.399 e. The van der Waals surface area contributed by atoms with E-state index >= 15 is 0 Å². The number of nitrogens with one attached hydrogen (secondary N) is 1. The molecule has 0 saturated heterocycles. The highest BCUT2D eigenvalue weighted by Crippen LogP contribution is 2.26. The molecule has 98 valence electrons. The van der Waals surface area contributed by atoms with Gasteiger partial charge in [0.2, 0.25) is 0 Å². The van der Waals surface area contributed by atoms with Gasteiger partial charge in [-0.2, -0.15) is 0 Å². The van der Waals surface area contributed by atoms with Gasteiger partial charge in [0.05, 0.1) is 16.9 Å². The monoisotopic (exact) mass is 263 g/mol. The zero-order valence-electron chi connectivity index (χ0n) is 9.78. The number of carbonyl (C=O) groups excluding carboxylic acids is 1. The smallest absolute Gasteiger partial charge is 0.250 e. The molecule has 4 nitrogen and oxygen atoms in total. The molecule has 0 unspecified atom stereocenters. The Hall–Kier alpha value is -2.63. The maximum absolute atomic E-state index is 13.5. The number of hydrogen-bond acceptors (Lipinski definition) is 3. The van der Waals surface area contributed by atoms with Crippen LogP contribution in [0.5, 0.6) is 0 Å². The van der Waals surface area contributed by atoms with Crippen LogP contribution in [0.15, 0.2) is 36.4 Å². The van der Waals surface area contributed by atoms with Gasteiger partial charge in [-0.15, -0.1) is 0 Å². The van der Waals surface area contributed by atoms with Gasteiger partial charge >= 0.3 is 0 Å². The molecule has 19 heavy (non-hydrogen) atoms. The van der Waals surface area contributed by atoms with E-state index < -0.39 is 17.5 Å². The van der Waals surface area contributed by atoms with E-state index in [9.17, 15) is 13.6 Å². The summed E-state index contributed by atoms with van der Waals surface area (Å²) in [5, 5.41) is 2.61. The number of anilines is 3. The minimum absolute atomic E-state index is 0.104. The van der Waals surface area contributed by atoms with Gasteiger partial charge in [-0.3, -0.25) is 4.79 Å². The van der Waals surface area contributed by atoms with Crippen molar-refractivity contribution in [2.75, 3.05) is 11.1 Å². The van der Waals surface area contributed by atoms with Crippen molar-refractivity contribution in [3.05, 3.63) is 53.6 Å². The number of nitrogen functional groups attached to an aromatic ring is 1. The van der Waals surface area contributed by atoms with Crippen LogP contribution in [-0.2, 0) is 0 Å². The zero-order chi connectivity index (χ0) is 14.0. The van der Waals surface area contributed by atoms with Gasteiger partial charge in [0, 0.05) is 5.69 Å². The SMILES string of the molecule is NC(=O)c1ccc(N)cc1Nc1cccc(F)c1F. The summed E-state index contributed by atoms with van der Waals surface area (Å²) >= 11 is 0. The summed E-state index contributed by atoms with van der Waals surface area (Å²) in [6.07, 6.45) is 0. The minimum atomic E-state index is -1.04. The second-order valence-electron chi connectivity index (χ2n) is 3.90. The molecule has 2 aromatic carbocycles. The molecule has 1 amide bonds. The molecule has 0 aliphatic heterocycles. The first kappa shape index (κ1) is 12.8. The fourth-order valence-electron chi connectivity index (χ4n) is 1.63. The van der Waals surface area contributed by atoms with Gasteiger partial charge in [0.25, 0.3) is 5.91 Å². The van der Waals surface area contributed by atoms with Crippen LogP contribution in [-0.4, -0.2) is 5.91 Å². The van der Waals surface area contributed by atoms with E-state index in [0.29, 0.717) is 5.69 Å². The predicted octanol–water partition coefficient (Wildman–Crippen LogP) is 2.39. The highest BCUT2D eigenvalue weighted by atomic mass is 19.2. The van der Waals surface area contributed by atoms with Crippen molar-refractivity contribution in [1.82, 2.24) is 0 Å². The van der Waals surface area contributed by atoms with Crippen molar-refractivity contribution in [1.29, 1.82) is 0 Å². The van der Waals surface area contributed by atoms with E-state index in [2.05, 4.69) is 5.32 Å². The Morgan fingerprint density at radius 3 is 2.53 bits per heavy atom. The highest BCUT2D eigenvalue weighted by Gasteiger charge is 2.12. The molecule has 0 atom stereocenters. The molecule has 0 radical (unpaired) electrons. The molecule has 0 fully saturated rings. The third-order valence-electron chi connectivity index (χ3n) is 2.53. The standard InChI is InChI=1S/C13H11F2N3O/c14-9-2-1-3-10(12(9)15)18-11-6-7(16)4-5-8(11)13(17)19/h1-6,18H,16H2,(H2,17,19). The van der Waals surface area contributed by atoms with Crippen LogP contribution in [0.25, 0.3) is 0 Å². The van der Waals surface area contributed by atoms with Crippen molar-refractivity contribution < 1.29 is 13.6 Å². The number of hydrogen-bond donors (Lipinski definition) is 3. The number of amides is 1. The Kier molecular flexibility index (Phi) is 3.33. The average Bonchev–Trinajstić information content (AvgIpc) is 2.35. The molecule has 0 aromatic heterocycles. The number of benzene rings is 2. The molecular weight excluding hydrogens is 252 g/mol. The lowest BCUT2D eigenvalue weighted by Crippen LogP contribution is -2.13. The van der Waals surface area contributed by atoms with Crippen molar-refractivity contribution in [3.8, 4) is 0 Å². The molecule has 2 rings (SSSR count). The van der Waals surface area contributed by atoms with Crippen molar-refractivity contribution in [2.45, 2.75) is 0 Å². The quantitative estimate of drug-likeness (QED) is 0.744. The van der Waals surface area contributed by atoms with Gasteiger partial charge in [-0.25, -0.2) is 8.78 Å². The lowest BCUT2D eigenvalue weighted by molar-refractivity contribution is 0.100. The maximum atomic E-state index is 13.5.